The number of rotatable bonds is 3. The molecule has 0 aliphatic carbocycles. The number of nitrogens with one attached hydrogen (secondary N) is 1. The highest BCUT2D eigenvalue weighted by Gasteiger charge is 2.28. The van der Waals surface area contributed by atoms with Crippen LogP contribution < -0.4 is 5.32 Å². The molecule has 4 heteroatoms. The first-order valence-electron chi connectivity index (χ1n) is 11.8. The SMILES string of the molecule is Cc1ccc(-c2cnn3cc(-c4ccc(C5(C)CCNCC5)cc4)cnc23)c2ccccc12. The molecular weight excluding hydrogens is 404 g/mol. The van der Waals surface area contributed by atoms with Crippen molar-refractivity contribution in [3.05, 3.63) is 90.4 Å². The minimum Gasteiger partial charge on any atom is -0.317 e. The average molecular weight is 433 g/mol. The minimum atomic E-state index is 0.264. The van der Waals surface area contributed by atoms with Gasteiger partial charge in [0.25, 0.3) is 0 Å². The summed E-state index contributed by atoms with van der Waals surface area (Å²) < 4.78 is 1.90. The van der Waals surface area contributed by atoms with Crippen LogP contribution in [-0.4, -0.2) is 27.7 Å². The highest BCUT2D eigenvalue weighted by Crippen LogP contribution is 2.35. The minimum absolute atomic E-state index is 0.264. The molecule has 0 bridgehead atoms. The molecule has 1 aliphatic heterocycles. The van der Waals surface area contributed by atoms with Crippen LogP contribution in [0.4, 0.5) is 0 Å². The van der Waals surface area contributed by atoms with Crippen LogP contribution in [0.3, 0.4) is 0 Å². The van der Waals surface area contributed by atoms with E-state index >= 15 is 0 Å². The quantitative estimate of drug-likeness (QED) is 0.371. The van der Waals surface area contributed by atoms with Crippen LogP contribution in [0.15, 0.2) is 79.3 Å². The van der Waals surface area contributed by atoms with E-state index in [0.29, 0.717) is 0 Å². The second-order valence-corrected chi connectivity index (χ2v) is 9.53. The predicted octanol–water partition coefficient (Wildman–Crippen LogP) is 6.17. The topological polar surface area (TPSA) is 42.2 Å². The molecule has 3 aromatic carbocycles. The van der Waals surface area contributed by atoms with Gasteiger partial charge >= 0.3 is 0 Å². The van der Waals surface area contributed by atoms with E-state index in [9.17, 15) is 0 Å². The summed E-state index contributed by atoms with van der Waals surface area (Å²) in [6.07, 6.45) is 8.36. The average Bonchev–Trinajstić information content (AvgIpc) is 3.28. The Morgan fingerprint density at radius 1 is 0.818 bits per heavy atom. The fraction of sp³-hybridized carbons (Fsp3) is 0.241. The van der Waals surface area contributed by atoms with E-state index in [2.05, 4.69) is 91.1 Å². The molecule has 0 spiro atoms. The third kappa shape index (κ3) is 3.42. The molecule has 1 N–H and O–H groups in total. The van der Waals surface area contributed by atoms with E-state index in [1.807, 2.05) is 16.9 Å². The standard InChI is InChI=1S/C29H28N4/c1-20-7-12-26(25-6-4-3-5-24(20)25)27-18-32-33-19-22(17-31-28(27)33)21-8-10-23(11-9-21)29(2)13-15-30-16-14-29/h3-12,17-19,30H,13-16H2,1-2H3. The van der Waals surface area contributed by atoms with Gasteiger partial charge in [-0.3, -0.25) is 0 Å². The first kappa shape index (κ1) is 20.1. The number of benzene rings is 3. The van der Waals surface area contributed by atoms with Crippen LogP contribution in [0.5, 0.6) is 0 Å². The summed E-state index contributed by atoms with van der Waals surface area (Å²) in [6, 6.07) is 21.9. The molecule has 1 fully saturated rings. The van der Waals surface area contributed by atoms with Crippen molar-refractivity contribution < 1.29 is 0 Å². The lowest BCUT2D eigenvalue weighted by Gasteiger charge is -2.34. The van der Waals surface area contributed by atoms with E-state index in [1.165, 1.54) is 45.9 Å². The molecular formula is C29H28N4. The Labute approximate surface area is 194 Å². The molecule has 1 saturated heterocycles. The van der Waals surface area contributed by atoms with Crippen molar-refractivity contribution in [1.29, 1.82) is 0 Å². The molecule has 5 aromatic rings. The van der Waals surface area contributed by atoms with Gasteiger partial charge in [0.05, 0.1) is 6.20 Å². The maximum absolute atomic E-state index is 4.84. The number of hydrogen-bond donors (Lipinski definition) is 1. The Morgan fingerprint density at radius 2 is 1.58 bits per heavy atom. The summed E-state index contributed by atoms with van der Waals surface area (Å²) in [4.78, 5) is 4.84. The fourth-order valence-corrected chi connectivity index (χ4v) is 5.23. The molecule has 0 radical (unpaired) electrons. The monoisotopic (exact) mass is 432 g/mol. The third-order valence-corrected chi connectivity index (χ3v) is 7.41. The van der Waals surface area contributed by atoms with Crippen molar-refractivity contribution in [2.75, 3.05) is 13.1 Å². The zero-order valence-corrected chi connectivity index (χ0v) is 19.2. The van der Waals surface area contributed by atoms with Gasteiger partial charge in [0.2, 0.25) is 0 Å². The first-order valence-corrected chi connectivity index (χ1v) is 11.8. The summed E-state index contributed by atoms with van der Waals surface area (Å²) in [6.45, 7) is 6.73. The van der Waals surface area contributed by atoms with Crippen LogP contribution in [0.2, 0.25) is 0 Å². The highest BCUT2D eigenvalue weighted by molar-refractivity contribution is 6.01. The number of fused-ring (bicyclic) bond motifs is 2. The number of piperidine rings is 1. The molecule has 4 nitrogen and oxygen atoms in total. The van der Waals surface area contributed by atoms with Gasteiger partial charge in [-0.1, -0.05) is 67.6 Å². The van der Waals surface area contributed by atoms with E-state index < -0.39 is 0 Å². The summed E-state index contributed by atoms with van der Waals surface area (Å²) in [5, 5.41) is 10.6. The van der Waals surface area contributed by atoms with Gasteiger partial charge in [0, 0.05) is 23.5 Å². The normalized spacial score (nSPS) is 15.8. The summed E-state index contributed by atoms with van der Waals surface area (Å²) in [5.74, 6) is 0. The lowest BCUT2D eigenvalue weighted by molar-refractivity contribution is 0.335. The third-order valence-electron chi connectivity index (χ3n) is 7.41. The second-order valence-electron chi connectivity index (χ2n) is 9.53. The largest absolute Gasteiger partial charge is 0.317 e. The van der Waals surface area contributed by atoms with Crippen molar-refractivity contribution in [3.63, 3.8) is 0 Å². The number of hydrogen-bond acceptors (Lipinski definition) is 3. The summed E-state index contributed by atoms with van der Waals surface area (Å²) in [7, 11) is 0. The Kier molecular flexibility index (Phi) is 4.77. The molecule has 3 heterocycles. The molecule has 2 aromatic heterocycles. The van der Waals surface area contributed by atoms with Gasteiger partial charge in [-0.25, -0.2) is 9.50 Å². The maximum Gasteiger partial charge on any atom is 0.162 e. The molecule has 0 unspecified atom stereocenters. The van der Waals surface area contributed by atoms with Crippen molar-refractivity contribution in [3.8, 4) is 22.3 Å². The van der Waals surface area contributed by atoms with Crippen molar-refractivity contribution in [2.24, 2.45) is 0 Å². The van der Waals surface area contributed by atoms with Crippen LogP contribution in [-0.2, 0) is 5.41 Å². The molecule has 33 heavy (non-hydrogen) atoms. The smallest absolute Gasteiger partial charge is 0.162 e. The molecule has 0 saturated carbocycles. The van der Waals surface area contributed by atoms with Crippen molar-refractivity contribution >= 4 is 16.4 Å². The molecule has 164 valence electrons. The molecule has 6 rings (SSSR count). The lowest BCUT2D eigenvalue weighted by Crippen LogP contribution is -2.37. The van der Waals surface area contributed by atoms with Crippen LogP contribution in [0.1, 0.15) is 30.9 Å². The predicted molar refractivity (Wildman–Crippen MR) is 136 cm³/mol. The fourth-order valence-electron chi connectivity index (χ4n) is 5.23. The van der Waals surface area contributed by atoms with E-state index in [0.717, 1.165) is 29.9 Å². The van der Waals surface area contributed by atoms with Gasteiger partial charge in [-0.15, -0.1) is 0 Å². The Morgan fingerprint density at radius 3 is 2.36 bits per heavy atom. The Hall–Kier alpha value is -3.50. The van der Waals surface area contributed by atoms with Gasteiger partial charge in [0.1, 0.15) is 0 Å². The first-order chi connectivity index (χ1) is 16.1. The van der Waals surface area contributed by atoms with Crippen molar-refractivity contribution in [2.45, 2.75) is 32.1 Å². The van der Waals surface area contributed by atoms with Crippen LogP contribution in [0.25, 0.3) is 38.7 Å². The van der Waals surface area contributed by atoms with Crippen LogP contribution >= 0.6 is 0 Å². The Balaban J connectivity index is 1.37. The summed E-state index contributed by atoms with van der Waals surface area (Å²) in [5.41, 5.74) is 8.33. The number of aromatic nitrogens is 3. The Bertz CT molecular complexity index is 1460. The van der Waals surface area contributed by atoms with E-state index in [1.54, 1.807) is 0 Å². The van der Waals surface area contributed by atoms with Crippen molar-refractivity contribution in [1.82, 2.24) is 19.9 Å². The number of aryl methyl sites for hydroxylation is 1. The van der Waals surface area contributed by atoms with E-state index in [-0.39, 0.29) is 5.41 Å². The zero-order valence-electron chi connectivity index (χ0n) is 19.2. The number of nitrogens with zero attached hydrogens (tertiary/aromatic N) is 3. The van der Waals surface area contributed by atoms with Gasteiger partial charge < -0.3 is 5.32 Å². The van der Waals surface area contributed by atoms with Crippen LogP contribution in [0, 0.1) is 6.92 Å². The lowest BCUT2D eigenvalue weighted by atomic mass is 9.75. The molecule has 0 atom stereocenters. The zero-order chi connectivity index (χ0) is 22.4. The van der Waals surface area contributed by atoms with Gasteiger partial charge in [0.15, 0.2) is 5.65 Å². The van der Waals surface area contributed by atoms with E-state index in [4.69, 9.17) is 4.98 Å². The second kappa shape index (κ2) is 7.82. The van der Waals surface area contributed by atoms with Gasteiger partial charge in [-0.2, -0.15) is 5.10 Å². The summed E-state index contributed by atoms with van der Waals surface area (Å²) >= 11 is 0. The molecule has 1 aliphatic rings. The molecule has 0 amide bonds. The highest BCUT2D eigenvalue weighted by atomic mass is 15.2. The maximum atomic E-state index is 4.84. The van der Waals surface area contributed by atoms with Gasteiger partial charge in [-0.05, 0) is 71.3 Å².